The van der Waals surface area contributed by atoms with Gasteiger partial charge in [-0.15, -0.1) is 0 Å². The van der Waals surface area contributed by atoms with Crippen molar-refractivity contribution in [3.63, 3.8) is 0 Å². The largest absolute Gasteiger partial charge is 0.389 e. The molecule has 0 radical (unpaired) electrons. The highest BCUT2D eigenvalue weighted by molar-refractivity contribution is 5.92. The minimum absolute atomic E-state index is 0.246. The molecule has 1 fully saturated rings. The van der Waals surface area contributed by atoms with E-state index in [-0.39, 0.29) is 11.6 Å². The number of aromatic nitrogens is 1. The van der Waals surface area contributed by atoms with Crippen molar-refractivity contribution in [3.05, 3.63) is 71.9 Å². The molecule has 0 atom stereocenters. The Morgan fingerprint density at radius 1 is 1.21 bits per heavy atom. The molecule has 1 aliphatic rings. The standard InChI is InChI=1S/C21H20F2N2.C3H9N/c1-3-24-16-10-14(11-16)19-17-8-12(2)9-18(23)21(17)25-20(19)13-4-6-15(22)7-5-13;1-2-3-4/h3-9,14,16,24-25H,1,10-11H2,2H3;2-4H2,1H3. The molecule has 0 unspecified atom stereocenters. The average molecular weight is 398 g/mol. The highest BCUT2D eigenvalue weighted by Crippen LogP contribution is 2.45. The first kappa shape index (κ1) is 21.1. The Kier molecular flexibility index (Phi) is 6.70. The summed E-state index contributed by atoms with van der Waals surface area (Å²) in [5.74, 6) is -0.181. The first-order valence-corrected chi connectivity index (χ1v) is 10.1. The second-order valence-electron chi connectivity index (χ2n) is 7.61. The summed E-state index contributed by atoms with van der Waals surface area (Å²) in [6.45, 7) is 8.49. The van der Waals surface area contributed by atoms with Gasteiger partial charge in [-0.2, -0.15) is 0 Å². The van der Waals surface area contributed by atoms with Gasteiger partial charge in [0.15, 0.2) is 0 Å². The zero-order chi connectivity index (χ0) is 21.0. The van der Waals surface area contributed by atoms with Gasteiger partial charge >= 0.3 is 0 Å². The van der Waals surface area contributed by atoms with E-state index < -0.39 is 0 Å². The monoisotopic (exact) mass is 397 g/mol. The van der Waals surface area contributed by atoms with Crippen molar-refractivity contribution in [2.45, 2.75) is 45.1 Å². The number of H-pyrrole nitrogens is 1. The lowest BCUT2D eigenvalue weighted by Crippen LogP contribution is -2.37. The first-order valence-electron chi connectivity index (χ1n) is 10.1. The molecule has 2 aromatic carbocycles. The molecule has 1 aliphatic carbocycles. The quantitative estimate of drug-likeness (QED) is 0.513. The van der Waals surface area contributed by atoms with Crippen LogP contribution >= 0.6 is 0 Å². The maximum absolute atomic E-state index is 14.5. The van der Waals surface area contributed by atoms with Crippen LogP contribution in [0.25, 0.3) is 22.2 Å². The Bertz CT molecular complexity index is 968. The number of benzene rings is 2. The smallest absolute Gasteiger partial charge is 0.147 e. The molecule has 1 heterocycles. The van der Waals surface area contributed by atoms with Crippen molar-refractivity contribution in [1.29, 1.82) is 0 Å². The molecule has 0 bridgehead atoms. The molecule has 5 heteroatoms. The van der Waals surface area contributed by atoms with Crippen molar-refractivity contribution in [2.24, 2.45) is 5.73 Å². The number of hydrogen-bond donors (Lipinski definition) is 3. The SMILES string of the molecule is C=CNC1CC(c2c(-c3ccc(F)cc3)[nH]c3c(F)cc(C)cc23)C1.CCCN. The van der Waals surface area contributed by atoms with Crippen LogP contribution in [0.4, 0.5) is 8.78 Å². The van der Waals surface area contributed by atoms with Crippen molar-refractivity contribution < 1.29 is 8.78 Å². The summed E-state index contributed by atoms with van der Waals surface area (Å²) in [7, 11) is 0. The van der Waals surface area contributed by atoms with Crippen LogP contribution in [0.3, 0.4) is 0 Å². The minimum Gasteiger partial charge on any atom is -0.389 e. The third-order valence-corrected chi connectivity index (χ3v) is 5.37. The first-order chi connectivity index (χ1) is 14.0. The molecule has 0 amide bonds. The fourth-order valence-corrected chi connectivity index (χ4v) is 3.83. The van der Waals surface area contributed by atoms with Crippen molar-refractivity contribution >= 4 is 10.9 Å². The summed E-state index contributed by atoms with van der Waals surface area (Å²) in [6.07, 6.45) is 4.77. The summed E-state index contributed by atoms with van der Waals surface area (Å²) in [6, 6.07) is 10.3. The molecular formula is C24H29F2N3. The number of halogens is 2. The number of fused-ring (bicyclic) bond motifs is 1. The van der Waals surface area contributed by atoms with Gasteiger partial charge < -0.3 is 16.0 Å². The number of hydrogen-bond acceptors (Lipinski definition) is 2. The summed E-state index contributed by atoms with van der Waals surface area (Å²) >= 11 is 0. The number of rotatable bonds is 5. The van der Waals surface area contributed by atoms with Gasteiger partial charge in [-0.05, 0) is 97.9 Å². The Hall–Kier alpha value is -2.66. The van der Waals surface area contributed by atoms with E-state index in [2.05, 4.69) is 23.8 Å². The third kappa shape index (κ3) is 4.51. The molecule has 0 spiro atoms. The number of nitrogens with two attached hydrogens (primary N) is 1. The Balaban J connectivity index is 0.000000552. The van der Waals surface area contributed by atoms with E-state index in [0.717, 1.165) is 53.6 Å². The molecular weight excluding hydrogens is 368 g/mol. The molecule has 1 aromatic heterocycles. The van der Waals surface area contributed by atoms with Crippen LogP contribution in [0.15, 0.2) is 49.2 Å². The van der Waals surface area contributed by atoms with Gasteiger partial charge in [0.1, 0.15) is 11.6 Å². The lowest BCUT2D eigenvalue weighted by molar-refractivity contribution is 0.318. The molecule has 3 aromatic rings. The van der Waals surface area contributed by atoms with Gasteiger partial charge in [-0.25, -0.2) is 8.78 Å². The second kappa shape index (κ2) is 9.23. The molecule has 154 valence electrons. The van der Waals surface area contributed by atoms with E-state index in [0.29, 0.717) is 17.5 Å². The third-order valence-electron chi connectivity index (χ3n) is 5.37. The maximum Gasteiger partial charge on any atom is 0.147 e. The van der Waals surface area contributed by atoms with Crippen LogP contribution in [0.5, 0.6) is 0 Å². The fourth-order valence-electron chi connectivity index (χ4n) is 3.83. The number of aryl methyl sites for hydroxylation is 1. The van der Waals surface area contributed by atoms with Gasteiger partial charge in [0.2, 0.25) is 0 Å². The van der Waals surface area contributed by atoms with Crippen LogP contribution < -0.4 is 11.1 Å². The van der Waals surface area contributed by atoms with E-state index in [1.807, 2.05) is 13.0 Å². The minimum atomic E-state index is -0.276. The summed E-state index contributed by atoms with van der Waals surface area (Å²) < 4.78 is 27.8. The van der Waals surface area contributed by atoms with E-state index in [9.17, 15) is 8.78 Å². The average Bonchev–Trinajstić information content (AvgIpc) is 3.04. The van der Waals surface area contributed by atoms with E-state index in [4.69, 9.17) is 5.73 Å². The van der Waals surface area contributed by atoms with Crippen LogP contribution in [-0.2, 0) is 0 Å². The number of nitrogens with one attached hydrogen (secondary N) is 2. The Morgan fingerprint density at radius 2 is 1.86 bits per heavy atom. The lowest BCUT2D eigenvalue weighted by Gasteiger charge is -2.36. The zero-order valence-electron chi connectivity index (χ0n) is 17.1. The van der Waals surface area contributed by atoms with Gasteiger partial charge in [-0.1, -0.05) is 13.5 Å². The van der Waals surface area contributed by atoms with Crippen molar-refractivity contribution in [1.82, 2.24) is 10.3 Å². The summed E-state index contributed by atoms with van der Waals surface area (Å²) in [4.78, 5) is 3.25. The topological polar surface area (TPSA) is 53.8 Å². The fraction of sp³-hybridized carbons (Fsp3) is 0.333. The summed E-state index contributed by atoms with van der Waals surface area (Å²) in [5, 5.41) is 4.17. The van der Waals surface area contributed by atoms with E-state index >= 15 is 0 Å². The molecule has 0 aliphatic heterocycles. The number of aromatic amines is 1. The maximum atomic E-state index is 14.5. The zero-order valence-corrected chi connectivity index (χ0v) is 17.1. The predicted octanol–water partition coefficient (Wildman–Crippen LogP) is 5.76. The molecule has 4 N–H and O–H groups in total. The molecule has 3 nitrogen and oxygen atoms in total. The predicted molar refractivity (Wildman–Crippen MR) is 117 cm³/mol. The Labute approximate surface area is 171 Å². The van der Waals surface area contributed by atoms with Crippen LogP contribution in [0.1, 0.15) is 43.2 Å². The van der Waals surface area contributed by atoms with Gasteiger partial charge in [-0.3, -0.25) is 0 Å². The molecule has 0 saturated heterocycles. The van der Waals surface area contributed by atoms with Crippen molar-refractivity contribution in [2.75, 3.05) is 6.54 Å². The highest BCUT2D eigenvalue weighted by atomic mass is 19.1. The molecule has 4 rings (SSSR count). The van der Waals surface area contributed by atoms with Gasteiger partial charge in [0.05, 0.1) is 11.2 Å². The van der Waals surface area contributed by atoms with Crippen molar-refractivity contribution in [3.8, 4) is 11.3 Å². The van der Waals surface area contributed by atoms with Crippen LogP contribution in [0.2, 0.25) is 0 Å². The highest BCUT2D eigenvalue weighted by Gasteiger charge is 2.34. The molecule has 1 saturated carbocycles. The molecule has 29 heavy (non-hydrogen) atoms. The van der Waals surface area contributed by atoms with E-state index in [1.54, 1.807) is 24.4 Å². The lowest BCUT2D eigenvalue weighted by atomic mass is 9.74. The van der Waals surface area contributed by atoms with Crippen LogP contribution in [-0.4, -0.2) is 17.6 Å². The second-order valence-corrected chi connectivity index (χ2v) is 7.61. The Morgan fingerprint density at radius 3 is 2.45 bits per heavy atom. The van der Waals surface area contributed by atoms with Gasteiger partial charge in [0, 0.05) is 11.4 Å². The normalized spacial score (nSPS) is 18.0. The summed E-state index contributed by atoms with van der Waals surface area (Å²) in [5.41, 5.74) is 9.36. The van der Waals surface area contributed by atoms with E-state index in [1.165, 1.54) is 12.1 Å². The van der Waals surface area contributed by atoms with Gasteiger partial charge in [0.25, 0.3) is 0 Å². The van der Waals surface area contributed by atoms with Crippen LogP contribution in [0, 0.1) is 18.6 Å².